The first kappa shape index (κ1) is 16.6. The fourth-order valence-electron chi connectivity index (χ4n) is 3.93. The first-order chi connectivity index (χ1) is 13.2. The van der Waals surface area contributed by atoms with Crippen LogP contribution in [0.4, 0.5) is 0 Å². The predicted molar refractivity (Wildman–Crippen MR) is 102 cm³/mol. The molecule has 0 bridgehead atoms. The number of aliphatic hydroxyl groups is 1. The molecule has 3 aromatic heterocycles. The summed E-state index contributed by atoms with van der Waals surface area (Å²) in [6, 6.07) is 9.91. The fourth-order valence-corrected chi connectivity index (χ4v) is 3.93. The highest BCUT2D eigenvalue weighted by Gasteiger charge is 2.26. The Morgan fingerprint density at radius 3 is 2.70 bits per heavy atom. The van der Waals surface area contributed by atoms with E-state index in [1.54, 1.807) is 0 Å². The number of carbonyl (C=O) groups is 1. The number of hydrogen-bond donors (Lipinski definition) is 1. The summed E-state index contributed by atoms with van der Waals surface area (Å²) in [7, 11) is 0. The molecule has 6 nitrogen and oxygen atoms in total. The minimum Gasteiger partial charge on any atom is -0.393 e. The van der Waals surface area contributed by atoms with Crippen molar-refractivity contribution in [2.75, 3.05) is 13.1 Å². The molecule has 0 spiro atoms. The zero-order valence-corrected chi connectivity index (χ0v) is 15.3. The van der Waals surface area contributed by atoms with Crippen LogP contribution in [0.5, 0.6) is 0 Å². The van der Waals surface area contributed by atoms with Crippen LogP contribution in [-0.4, -0.2) is 49.3 Å². The van der Waals surface area contributed by atoms with Gasteiger partial charge in [-0.05, 0) is 55.9 Å². The maximum absolute atomic E-state index is 13.1. The number of carbonyl (C=O) groups excluding carboxylic acids is 1. The van der Waals surface area contributed by atoms with E-state index < -0.39 is 0 Å². The van der Waals surface area contributed by atoms with Crippen LogP contribution in [-0.2, 0) is 6.54 Å². The highest BCUT2D eigenvalue weighted by atomic mass is 16.3. The molecule has 0 aromatic carbocycles. The Kier molecular flexibility index (Phi) is 4.01. The molecular formula is C21H24N4O2. The zero-order chi connectivity index (χ0) is 18.4. The molecule has 1 N–H and O–H groups in total. The van der Waals surface area contributed by atoms with Crippen molar-refractivity contribution in [1.29, 1.82) is 0 Å². The van der Waals surface area contributed by atoms with Crippen molar-refractivity contribution in [2.24, 2.45) is 5.92 Å². The molecule has 1 amide bonds. The van der Waals surface area contributed by atoms with Gasteiger partial charge in [-0.1, -0.05) is 6.07 Å². The van der Waals surface area contributed by atoms with Gasteiger partial charge in [-0.3, -0.25) is 9.48 Å². The van der Waals surface area contributed by atoms with Crippen LogP contribution in [0.15, 0.2) is 42.7 Å². The third-order valence-electron chi connectivity index (χ3n) is 5.70. The number of amides is 1. The van der Waals surface area contributed by atoms with Crippen LogP contribution >= 0.6 is 0 Å². The van der Waals surface area contributed by atoms with Gasteiger partial charge in [-0.15, -0.1) is 0 Å². The summed E-state index contributed by atoms with van der Waals surface area (Å²) in [6.45, 7) is 2.19. The van der Waals surface area contributed by atoms with Gasteiger partial charge in [0, 0.05) is 32.0 Å². The normalized spacial score (nSPS) is 18.3. The van der Waals surface area contributed by atoms with Gasteiger partial charge in [0.1, 0.15) is 5.69 Å². The van der Waals surface area contributed by atoms with Crippen molar-refractivity contribution in [1.82, 2.24) is 19.1 Å². The zero-order valence-electron chi connectivity index (χ0n) is 15.3. The summed E-state index contributed by atoms with van der Waals surface area (Å²) < 4.78 is 4.07. The maximum Gasteiger partial charge on any atom is 0.256 e. The van der Waals surface area contributed by atoms with E-state index >= 15 is 0 Å². The minimum absolute atomic E-state index is 0.0364. The van der Waals surface area contributed by atoms with Gasteiger partial charge in [0.05, 0.1) is 22.9 Å². The average Bonchev–Trinajstić information content (AvgIpc) is 3.24. The molecule has 1 aliphatic carbocycles. The SMILES string of the molecule is O=C(c1cc(-c2ccn(CC3CC3)n2)n2ccccc12)N1CCC(O)CC1. The smallest absolute Gasteiger partial charge is 0.256 e. The van der Waals surface area contributed by atoms with Crippen molar-refractivity contribution in [3.63, 3.8) is 0 Å². The highest BCUT2D eigenvalue weighted by molar-refractivity contribution is 6.02. The molecule has 2 fully saturated rings. The summed E-state index contributed by atoms with van der Waals surface area (Å²) in [4.78, 5) is 15.0. The second-order valence-electron chi connectivity index (χ2n) is 7.79. The molecule has 1 aliphatic heterocycles. The number of likely N-dealkylation sites (tertiary alicyclic amines) is 1. The number of hydrogen-bond acceptors (Lipinski definition) is 3. The van der Waals surface area contributed by atoms with Crippen LogP contribution < -0.4 is 0 Å². The summed E-state index contributed by atoms with van der Waals surface area (Å²) in [5, 5.41) is 14.5. The Morgan fingerprint density at radius 1 is 1.11 bits per heavy atom. The van der Waals surface area contributed by atoms with E-state index in [0.717, 1.165) is 29.4 Å². The minimum atomic E-state index is -0.286. The van der Waals surface area contributed by atoms with E-state index in [1.165, 1.54) is 12.8 Å². The van der Waals surface area contributed by atoms with Gasteiger partial charge in [-0.2, -0.15) is 5.10 Å². The third kappa shape index (κ3) is 3.14. The van der Waals surface area contributed by atoms with Crippen LogP contribution in [0, 0.1) is 5.92 Å². The van der Waals surface area contributed by atoms with Crippen molar-refractivity contribution in [3.8, 4) is 11.4 Å². The number of nitrogens with zero attached hydrogens (tertiary/aromatic N) is 4. The largest absolute Gasteiger partial charge is 0.393 e. The molecule has 2 aliphatic rings. The van der Waals surface area contributed by atoms with E-state index in [0.29, 0.717) is 31.5 Å². The molecule has 4 heterocycles. The number of aliphatic hydroxyl groups excluding tert-OH is 1. The monoisotopic (exact) mass is 364 g/mol. The molecular weight excluding hydrogens is 340 g/mol. The van der Waals surface area contributed by atoms with Gasteiger partial charge in [0.15, 0.2) is 0 Å². The molecule has 0 unspecified atom stereocenters. The summed E-state index contributed by atoms with van der Waals surface area (Å²) >= 11 is 0. The van der Waals surface area contributed by atoms with Crippen LogP contribution in [0.1, 0.15) is 36.0 Å². The molecule has 3 aromatic rings. The van der Waals surface area contributed by atoms with Crippen molar-refractivity contribution in [2.45, 2.75) is 38.3 Å². The van der Waals surface area contributed by atoms with E-state index in [-0.39, 0.29) is 12.0 Å². The first-order valence-electron chi connectivity index (χ1n) is 9.80. The lowest BCUT2D eigenvalue weighted by Gasteiger charge is -2.29. The number of fused-ring (bicyclic) bond motifs is 1. The Bertz CT molecular complexity index is 977. The van der Waals surface area contributed by atoms with E-state index in [2.05, 4.69) is 4.40 Å². The van der Waals surface area contributed by atoms with Crippen LogP contribution in [0.3, 0.4) is 0 Å². The molecule has 1 saturated heterocycles. The fraction of sp³-hybridized carbons (Fsp3) is 0.429. The van der Waals surface area contributed by atoms with Crippen LogP contribution in [0.2, 0.25) is 0 Å². The Hall–Kier alpha value is -2.60. The lowest BCUT2D eigenvalue weighted by molar-refractivity contribution is 0.0548. The lowest BCUT2D eigenvalue weighted by Crippen LogP contribution is -2.40. The van der Waals surface area contributed by atoms with Gasteiger partial charge in [0.2, 0.25) is 0 Å². The summed E-state index contributed by atoms with van der Waals surface area (Å²) in [6.07, 6.45) is 7.63. The first-order valence-corrected chi connectivity index (χ1v) is 9.80. The van der Waals surface area contributed by atoms with Gasteiger partial charge >= 0.3 is 0 Å². The predicted octanol–water partition coefficient (Wildman–Crippen LogP) is 2.81. The molecule has 1 saturated carbocycles. The molecule has 0 radical (unpaired) electrons. The topological polar surface area (TPSA) is 62.8 Å². The molecule has 6 heteroatoms. The van der Waals surface area contributed by atoms with Gasteiger partial charge < -0.3 is 14.4 Å². The Labute approximate surface area is 158 Å². The molecule has 140 valence electrons. The maximum atomic E-state index is 13.1. The summed E-state index contributed by atoms with van der Waals surface area (Å²) in [5.74, 6) is 0.808. The van der Waals surface area contributed by atoms with Crippen molar-refractivity contribution >= 4 is 11.4 Å². The Balaban J connectivity index is 1.50. The highest BCUT2D eigenvalue weighted by Crippen LogP contribution is 2.31. The van der Waals surface area contributed by atoms with E-state index in [9.17, 15) is 9.90 Å². The third-order valence-corrected chi connectivity index (χ3v) is 5.70. The quantitative estimate of drug-likeness (QED) is 0.774. The summed E-state index contributed by atoms with van der Waals surface area (Å²) in [5.41, 5.74) is 3.45. The van der Waals surface area contributed by atoms with Crippen molar-refractivity contribution in [3.05, 3.63) is 48.3 Å². The van der Waals surface area contributed by atoms with Gasteiger partial charge in [-0.25, -0.2) is 0 Å². The van der Waals surface area contributed by atoms with Crippen molar-refractivity contribution < 1.29 is 9.90 Å². The lowest BCUT2D eigenvalue weighted by atomic mass is 10.1. The molecule has 0 atom stereocenters. The number of aromatic nitrogens is 3. The standard InChI is InChI=1S/C21H24N4O2/c26-16-6-10-23(11-7-16)21(27)17-13-20(25-9-2-1-3-19(17)25)18-8-12-24(22-18)14-15-4-5-15/h1-3,8-9,12-13,15-16,26H,4-7,10-11,14H2. The Morgan fingerprint density at radius 2 is 1.93 bits per heavy atom. The van der Waals surface area contributed by atoms with E-state index in [1.807, 2.05) is 52.3 Å². The molecule has 5 rings (SSSR count). The van der Waals surface area contributed by atoms with Gasteiger partial charge in [0.25, 0.3) is 5.91 Å². The number of pyridine rings is 1. The second kappa shape index (κ2) is 6.53. The average molecular weight is 364 g/mol. The second-order valence-corrected chi connectivity index (χ2v) is 7.79. The number of rotatable bonds is 4. The van der Waals surface area contributed by atoms with E-state index in [4.69, 9.17) is 5.10 Å². The number of piperidine rings is 1. The molecule has 27 heavy (non-hydrogen) atoms. The van der Waals surface area contributed by atoms with Crippen LogP contribution in [0.25, 0.3) is 16.9 Å².